The molecular formula is C7H15P. The van der Waals surface area contributed by atoms with Crippen molar-refractivity contribution in [2.24, 2.45) is 5.92 Å². The Morgan fingerprint density at radius 2 is 2.00 bits per heavy atom. The summed E-state index contributed by atoms with van der Waals surface area (Å²) in [6.45, 7) is 0. The van der Waals surface area contributed by atoms with Gasteiger partial charge in [-0.15, -0.1) is 9.24 Å². The quantitative estimate of drug-likeness (QED) is 0.405. The van der Waals surface area contributed by atoms with Gasteiger partial charge in [-0.3, -0.25) is 0 Å². The van der Waals surface area contributed by atoms with E-state index >= 15 is 0 Å². The molecule has 0 radical (unpaired) electrons. The van der Waals surface area contributed by atoms with Gasteiger partial charge in [0.1, 0.15) is 0 Å². The molecule has 48 valence electrons. The highest BCUT2D eigenvalue weighted by molar-refractivity contribution is 7.16. The Hall–Kier alpha value is 0.430. The molecule has 8 heavy (non-hydrogen) atoms. The first-order valence-electron chi connectivity index (χ1n) is 3.63. The standard InChI is InChI=1S/C7H15P/c8-6-2-1-3-7-4-5-7/h7H,1-6,8H2. The Morgan fingerprint density at radius 1 is 1.25 bits per heavy atom. The van der Waals surface area contributed by atoms with Crippen molar-refractivity contribution in [3.8, 4) is 0 Å². The molecule has 1 atom stereocenters. The Balaban J connectivity index is 1.74. The third kappa shape index (κ3) is 2.67. The molecule has 0 amide bonds. The first kappa shape index (κ1) is 6.55. The number of rotatable bonds is 4. The summed E-state index contributed by atoms with van der Waals surface area (Å²) >= 11 is 0. The molecule has 1 aliphatic carbocycles. The Kier molecular flexibility index (Phi) is 2.83. The molecule has 1 rings (SSSR count). The SMILES string of the molecule is PCCCCC1CC1. The smallest absolute Gasteiger partial charge is 0.0381 e. The fraction of sp³-hybridized carbons (Fsp3) is 1.00. The summed E-state index contributed by atoms with van der Waals surface area (Å²) in [5.41, 5.74) is 0. The van der Waals surface area contributed by atoms with E-state index in [0.29, 0.717) is 0 Å². The van der Waals surface area contributed by atoms with Gasteiger partial charge in [-0.25, -0.2) is 0 Å². The minimum Gasteiger partial charge on any atom is -0.138 e. The molecule has 0 spiro atoms. The predicted molar refractivity (Wildman–Crippen MR) is 41.2 cm³/mol. The summed E-state index contributed by atoms with van der Waals surface area (Å²) in [5.74, 6) is 1.14. The van der Waals surface area contributed by atoms with E-state index < -0.39 is 0 Å². The Bertz CT molecular complexity index is 57.4. The lowest BCUT2D eigenvalue weighted by Gasteiger charge is -1.92. The normalized spacial score (nSPS) is 19.1. The van der Waals surface area contributed by atoms with Crippen molar-refractivity contribution in [1.82, 2.24) is 0 Å². The van der Waals surface area contributed by atoms with E-state index in [-0.39, 0.29) is 0 Å². The highest BCUT2D eigenvalue weighted by Gasteiger charge is 2.19. The molecule has 1 heteroatoms. The Labute approximate surface area is 54.3 Å². The summed E-state index contributed by atoms with van der Waals surface area (Å²) in [6, 6.07) is 0. The topological polar surface area (TPSA) is 0 Å². The predicted octanol–water partition coefficient (Wildman–Crippen LogP) is 2.44. The summed E-state index contributed by atoms with van der Waals surface area (Å²) < 4.78 is 0. The first-order chi connectivity index (χ1) is 3.93. The van der Waals surface area contributed by atoms with Crippen LogP contribution in [0.15, 0.2) is 0 Å². The van der Waals surface area contributed by atoms with Gasteiger partial charge in [0.15, 0.2) is 0 Å². The zero-order chi connectivity index (χ0) is 5.82. The molecule has 0 N–H and O–H groups in total. The van der Waals surface area contributed by atoms with Crippen LogP contribution >= 0.6 is 9.24 Å². The second kappa shape index (κ2) is 3.45. The van der Waals surface area contributed by atoms with Gasteiger partial charge < -0.3 is 0 Å². The van der Waals surface area contributed by atoms with Crippen molar-refractivity contribution in [3.63, 3.8) is 0 Å². The molecule has 0 bridgehead atoms. The van der Waals surface area contributed by atoms with Crippen molar-refractivity contribution in [2.75, 3.05) is 6.16 Å². The lowest BCUT2D eigenvalue weighted by molar-refractivity contribution is 0.658. The highest BCUT2D eigenvalue weighted by Crippen LogP contribution is 2.33. The molecule has 1 fully saturated rings. The number of hydrogen-bond acceptors (Lipinski definition) is 0. The molecular weight excluding hydrogens is 115 g/mol. The maximum Gasteiger partial charge on any atom is -0.0381 e. The molecule has 0 heterocycles. The Morgan fingerprint density at radius 3 is 2.50 bits per heavy atom. The zero-order valence-corrected chi connectivity index (χ0v) is 6.55. The fourth-order valence-corrected chi connectivity index (χ4v) is 1.27. The van der Waals surface area contributed by atoms with Crippen LogP contribution in [0.5, 0.6) is 0 Å². The van der Waals surface area contributed by atoms with Crippen molar-refractivity contribution >= 4 is 9.24 Å². The van der Waals surface area contributed by atoms with Crippen LogP contribution in [0.25, 0.3) is 0 Å². The van der Waals surface area contributed by atoms with E-state index in [1.54, 1.807) is 0 Å². The van der Waals surface area contributed by atoms with Gasteiger partial charge in [0.25, 0.3) is 0 Å². The molecule has 1 aliphatic rings. The van der Waals surface area contributed by atoms with Gasteiger partial charge in [0, 0.05) is 0 Å². The van der Waals surface area contributed by atoms with E-state index in [4.69, 9.17) is 0 Å². The molecule has 0 aliphatic heterocycles. The van der Waals surface area contributed by atoms with Gasteiger partial charge >= 0.3 is 0 Å². The maximum absolute atomic E-state index is 2.78. The van der Waals surface area contributed by atoms with Crippen molar-refractivity contribution in [3.05, 3.63) is 0 Å². The molecule has 0 saturated heterocycles. The van der Waals surface area contributed by atoms with E-state index in [0.717, 1.165) is 5.92 Å². The number of unbranched alkanes of at least 4 members (excludes halogenated alkanes) is 1. The van der Waals surface area contributed by atoms with Crippen LogP contribution in [-0.2, 0) is 0 Å². The summed E-state index contributed by atoms with van der Waals surface area (Å²) in [5, 5.41) is 0. The monoisotopic (exact) mass is 130 g/mol. The van der Waals surface area contributed by atoms with Crippen molar-refractivity contribution in [1.29, 1.82) is 0 Å². The summed E-state index contributed by atoms with van der Waals surface area (Å²) in [4.78, 5) is 0. The lowest BCUT2D eigenvalue weighted by Crippen LogP contribution is -1.78. The van der Waals surface area contributed by atoms with Crippen molar-refractivity contribution < 1.29 is 0 Å². The van der Waals surface area contributed by atoms with E-state index in [1.807, 2.05) is 0 Å². The second-order valence-electron chi connectivity index (χ2n) is 2.73. The minimum atomic E-state index is 1.14. The molecule has 0 aromatic carbocycles. The van der Waals surface area contributed by atoms with E-state index in [2.05, 4.69) is 9.24 Å². The van der Waals surface area contributed by atoms with E-state index in [9.17, 15) is 0 Å². The van der Waals surface area contributed by atoms with Gasteiger partial charge in [0.2, 0.25) is 0 Å². The van der Waals surface area contributed by atoms with Gasteiger partial charge in [-0.2, -0.15) is 0 Å². The average Bonchev–Trinajstić information content (AvgIpc) is 2.51. The molecule has 0 aromatic rings. The maximum atomic E-state index is 2.78. The van der Waals surface area contributed by atoms with E-state index in [1.165, 1.54) is 38.3 Å². The largest absolute Gasteiger partial charge is 0.138 e. The summed E-state index contributed by atoms with van der Waals surface area (Å²) in [6.07, 6.45) is 8.74. The van der Waals surface area contributed by atoms with Gasteiger partial charge in [0.05, 0.1) is 0 Å². The van der Waals surface area contributed by atoms with Gasteiger partial charge in [-0.05, 0) is 18.5 Å². The van der Waals surface area contributed by atoms with Crippen LogP contribution in [-0.4, -0.2) is 6.16 Å². The fourth-order valence-electron chi connectivity index (χ4n) is 0.984. The summed E-state index contributed by atoms with van der Waals surface area (Å²) in [7, 11) is 2.78. The minimum absolute atomic E-state index is 1.14. The van der Waals surface area contributed by atoms with Crippen LogP contribution in [0.3, 0.4) is 0 Å². The molecule has 1 unspecified atom stereocenters. The highest BCUT2D eigenvalue weighted by atomic mass is 31.0. The lowest BCUT2D eigenvalue weighted by atomic mass is 10.2. The zero-order valence-electron chi connectivity index (χ0n) is 5.40. The number of hydrogen-bond donors (Lipinski definition) is 0. The average molecular weight is 130 g/mol. The molecule has 1 saturated carbocycles. The van der Waals surface area contributed by atoms with Crippen LogP contribution in [0.4, 0.5) is 0 Å². The van der Waals surface area contributed by atoms with Crippen LogP contribution < -0.4 is 0 Å². The van der Waals surface area contributed by atoms with Gasteiger partial charge in [-0.1, -0.05) is 25.7 Å². The third-order valence-corrected chi connectivity index (χ3v) is 2.17. The van der Waals surface area contributed by atoms with Crippen LogP contribution in [0, 0.1) is 5.92 Å². The molecule has 0 aromatic heterocycles. The third-order valence-electron chi connectivity index (χ3n) is 1.76. The van der Waals surface area contributed by atoms with Crippen LogP contribution in [0.1, 0.15) is 32.1 Å². The second-order valence-corrected chi connectivity index (χ2v) is 3.31. The van der Waals surface area contributed by atoms with Crippen LogP contribution in [0.2, 0.25) is 0 Å². The molecule has 0 nitrogen and oxygen atoms in total. The van der Waals surface area contributed by atoms with Crippen molar-refractivity contribution in [2.45, 2.75) is 32.1 Å². The first-order valence-corrected chi connectivity index (χ1v) is 4.45.